The van der Waals surface area contributed by atoms with Crippen molar-refractivity contribution >= 4 is 23.2 Å². The molecule has 0 aromatic carbocycles. The summed E-state index contributed by atoms with van der Waals surface area (Å²) >= 11 is 1.52. The first-order chi connectivity index (χ1) is 8.65. The number of amides is 1. The molecule has 0 spiro atoms. The lowest BCUT2D eigenvalue weighted by Gasteiger charge is -2.11. The summed E-state index contributed by atoms with van der Waals surface area (Å²) in [7, 11) is 0. The molecule has 1 saturated carbocycles. The van der Waals surface area contributed by atoms with E-state index in [0.29, 0.717) is 25.7 Å². The van der Waals surface area contributed by atoms with Gasteiger partial charge >= 0.3 is 5.97 Å². The number of rotatable bonds is 5. The van der Waals surface area contributed by atoms with Gasteiger partial charge in [0.15, 0.2) is 0 Å². The SMILES string of the molecule is O=C(CCc1cscn1)N[C@@H]1CC[C@H](C(=O)O)C1. The molecule has 2 atom stereocenters. The van der Waals surface area contributed by atoms with Crippen molar-refractivity contribution in [2.75, 3.05) is 0 Å². The number of thiazole rings is 1. The van der Waals surface area contributed by atoms with E-state index < -0.39 is 5.97 Å². The molecule has 6 heteroatoms. The summed E-state index contributed by atoms with van der Waals surface area (Å²) in [5.74, 6) is -1.07. The number of carbonyl (C=O) groups excluding carboxylic acids is 1. The maximum atomic E-state index is 11.7. The Morgan fingerprint density at radius 2 is 2.33 bits per heavy atom. The second kappa shape index (κ2) is 5.95. The van der Waals surface area contributed by atoms with E-state index in [9.17, 15) is 9.59 Å². The molecule has 18 heavy (non-hydrogen) atoms. The van der Waals surface area contributed by atoms with Gasteiger partial charge in [-0.05, 0) is 25.7 Å². The number of nitrogens with zero attached hydrogens (tertiary/aromatic N) is 1. The summed E-state index contributed by atoms with van der Waals surface area (Å²) in [6.45, 7) is 0. The van der Waals surface area contributed by atoms with Gasteiger partial charge in [0.2, 0.25) is 5.91 Å². The molecule has 5 nitrogen and oxygen atoms in total. The van der Waals surface area contributed by atoms with Crippen molar-refractivity contribution < 1.29 is 14.7 Å². The summed E-state index contributed by atoms with van der Waals surface area (Å²) in [6, 6.07) is 0.0223. The van der Waals surface area contributed by atoms with Crippen LogP contribution in [0.1, 0.15) is 31.4 Å². The number of hydrogen-bond acceptors (Lipinski definition) is 4. The van der Waals surface area contributed by atoms with Gasteiger partial charge in [-0.1, -0.05) is 0 Å². The van der Waals surface area contributed by atoms with Gasteiger partial charge in [0.1, 0.15) is 0 Å². The van der Waals surface area contributed by atoms with Crippen molar-refractivity contribution in [3.05, 3.63) is 16.6 Å². The Morgan fingerprint density at radius 3 is 2.94 bits per heavy atom. The molecule has 0 radical (unpaired) electrons. The molecule has 1 amide bonds. The Bertz CT molecular complexity index is 419. The van der Waals surface area contributed by atoms with Crippen LogP contribution < -0.4 is 5.32 Å². The monoisotopic (exact) mass is 268 g/mol. The Balaban J connectivity index is 1.70. The third kappa shape index (κ3) is 3.53. The van der Waals surface area contributed by atoms with E-state index >= 15 is 0 Å². The van der Waals surface area contributed by atoms with Crippen molar-refractivity contribution in [1.29, 1.82) is 0 Å². The molecule has 0 saturated heterocycles. The van der Waals surface area contributed by atoms with Crippen LogP contribution in [0.5, 0.6) is 0 Å². The molecule has 98 valence electrons. The van der Waals surface area contributed by atoms with Gasteiger partial charge in [-0.3, -0.25) is 9.59 Å². The highest BCUT2D eigenvalue weighted by Gasteiger charge is 2.30. The summed E-state index contributed by atoms with van der Waals surface area (Å²) in [4.78, 5) is 26.6. The van der Waals surface area contributed by atoms with Crippen LogP contribution in [0.3, 0.4) is 0 Å². The highest BCUT2D eigenvalue weighted by atomic mass is 32.1. The average Bonchev–Trinajstić information content (AvgIpc) is 2.96. The van der Waals surface area contributed by atoms with E-state index in [1.165, 1.54) is 11.3 Å². The number of carbonyl (C=O) groups is 2. The maximum absolute atomic E-state index is 11.7. The second-order valence-corrected chi connectivity index (χ2v) is 5.31. The van der Waals surface area contributed by atoms with Crippen molar-refractivity contribution in [3.8, 4) is 0 Å². The van der Waals surface area contributed by atoms with E-state index in [1.54, 1.807) is 5.51 Å². The predicted molar refractivity (Wildman–Crippen MR) is 67.3 cm³/mol. The van der Waals surface area contributed by atoms with Crippen LogP contribution in [0.2, 0.25) is 0 Å². The third-order valence-corrected chi connectivity index (χ3v) is 3.87. The van der Waals surface area contributed by atoms with Crippen molar-refractivity contribution in [3.63, 3.8) is 0 Å². The van der Waals surface area contributed by atoms with Crippen LogP contribution in [0.15, 0.2) is 10.9 Å². The molecular weight excluding hydrogens is 252 g/mol. The molecule has 2 rings (SSSR count). The fraction of sp³-hybridized carbons (Fsp3) is 0.583. The van der Waals surface area contributed by atoms with Crippen LogP contribution in [0.4, 0.5) is 0 Å². The van der Waals surface area contributed by atoms with Crippen LogP contribution >= 0.6 is 11.3 Å². The molecule has 1 fully saturated rings. The van der Waals surface area contributed by atoms with E-state index in [4.69, 9.17) is 5.11 Å². The lowest BCUT2D eigenvalue weighted by Crippen LogP contribution is -2.33. The largest absolute Gasteiger partial charge is 0.481 e. The average molecular weight is 268 g/mol. The van der Waals surface area contributed by atoms with Gasteiger partial charge in [-0.25, -0.2) is 4.98 Å². The van der Waals surface area contributed by atoms with Gasteiger partial charge in [-0.15, -0.1) is 11.3 Å². The number of hydrogen-bond donors (Lipinski definition) is 2. The third-order valence-electron chi connectivity index (χ3n) is 3.24. The fourth-order valence-electron chi connectivity index (χ4n) is 2.24. The molecule has 0 unspecified atom stereocenters. The van der Waals surface area contributed by atoms with Gasteiger partial charge in [0.25, 0.3) is 0 Å². The molecule has 1 aromatic heterocycles. The number of carboxylic acids is 1. The number of aromatic nitrogens is 1. The first-order valence-electron chi connectivity index (χ1n) is 6.04. The van der Waals surface area contributed by atoms with E-state index in [2.05, 4.69) is 10.3 Å². The Hall–Kier alpha value is -1.43. The summed E-state index contributed by atoms with van der Waals surface area (Å²) in [5.41, 5.74) is 2.69. The second-order valence-electron chi connectivity index (χ2n) is 4.59. The predicted octanol–water partition coefficient (Wildman–Crippen LogP) is 1.45. The quantitative estimate of drug-likeness (QED) is 0.847. The highest BCUT2D eigenvalue weighted by Crippen LogP contribution is 2.25. The minimum absolute atomic E-state index is 0.0148. The maximum Gasteiger partial charge on any atom is 0.306 e. The van der Waals surface area contributed by atoms with Crippen LogP contribution in [0, 0.1) is 5.92 Å². The standard InChI is InChI=1S/C12H16N2O3S/c15-11(4-3-10-6-18-7-13-10)14-9-2-1-8(5-9)12(16)17/h6-9H,1-5H2,(H,14,15)(H,16,17)/t8-,9+/m0/s1. The van der Waals surface area contributed by atoms with E-state index in [1.807, 2.05) is 5.38 Å². The summed E-state index contributed by atoms with van der Waals surface area (Å²) in [5, 5.41) is 13.7. The first kappa shape index (κ1) is 13.0. The van der Waals surface area contributed by atoms with Gasteiger partial charge in [0.05, 0.1) is 17.1 Å². The minimum Gasteiger partial charge on any atom is -0.481 e. The van der Waals surface area contributed by atoms with Gasteiger partial charge < -0.3 is 10.4 Å². The number of aliphatic carboxylic acids is 1. The van der Waals surface area contributed by atoms with Crippen LogP contribution in [0.25, 0.3) is 0 Å². The molecule has 1 aliphatic rings. The van der Waals surface area contributed by atoms with Crippen LogP contribution in [-0.2, 0) is 16.0 Å². The van der Waals surface area contributed by atoms with Crippen LogP contribution in [-0.4, -0.2) is 28.0 Å². The lowest BCUT2D eigenvalue weighted by atomic mass is 10.1. The fourth-order valence-corrected chi connectivity index (χ4v) is 2.83. The Kier molecular flexibility index (Phi) is 4.30. The number of nitrogens with one attached hydrogen (secondary N) is 1. The van der Waals surface area contributed by atoms with Gasteiger partial charge in [0, 0.05) is 17.8 Å². The molecular formula is C12H16N2O3S. The van der Waals surface area contributed by atoms with Crippen molar-refractivity contribution in [2.45, 2.75) is 38.1 Å². The zero-order chi connectivity index (χ0) is 13.0. The summed E-state index contributed by atoms with van der Waals surface area (Å²) < 4.78 is 0. The lowest BCUT2D eigenvalue weighted by molar-refractivity contribution is -0.141. The Labute approximate surface area is 109 Å². The zero-order valence-corrected chi connectivity index (χ0v) is 10.8. The van der Waals surface area contributed by atoms with Crippen molar-refractivity contribution in [1.82, 2.24) is 10.3 Å². The summed E-state index contributed by atoms with van der Waals surface area (Å²) in [6.07, 6.45) is 3.03. The van der Waals surface area contributed by atoms with E-state index in [0.717, 1.165) is 12.1 Å². The molecule has 1 aromatic rings. The topological polar surface area (TPSA) is 79.3 Å². The van der Waals surface area contributed by atoms with Crippen molar-refractivity contribution in [2.24, 2.45) is 5.92 Å². The smallest absolute Gasteiger partial charge is 0.306 e. The zero-order valence-electron chi connectivity index (χ0n) is 9.96. The number of carboxylic acid groups (broad SMARTS) is 1. The minimum atomic E-state index is -0.755. The van der Waals surface area contributed by atoms with E-state index in [-0.39, 0.29) is 17.9 Å². The Morgan fingerprint density at radius 1 is 1.50 bits per heavy atom. The molecule has 0 aliphatic heterocycles. The van der Waals surface area contributed by atoms with Gasteiger partial charge in [-0.2, -0.15) is 0 Å². The molecule has 2 N–H and O–H groups in total. The molecule has 1 heterocycles. The normalized spacial score (nSPS) is 22.9. The molecule has 0 bridgehead atoms. The highest BCUT2D eigenvalue weighted by molar-refractivity contribution is 7.07. The first-order valence-corrected chi connectivity index (χ1v) is 6.98. The number of aryl methyl sites for hydroxylation is 1. The molecule has 1 aliphatic carbocycles.